The number of alkyl halides is 3. The molecule has 0 aliphatic rings. The number of hydrogen-bond acceptors (Lipinski definition) is 4. The molecule has 0 unspecified atom stereocenters. The second kappa shape index (κ2) is 5.82. The molecule has 3 N–H and O–H groups in total. The topological polar surface area (TPSA) is 63.8 Å². The first-order chi connectivity index (χ1) is 9.79. The maximum Gasteiger partial charge on any atom is 0.416 e. The number of benzene rings is 1. The molecule has 0 fully saturated rings. The van der Waals surface area contributed by atoms with Gasteiger partial charge < -0.3 is 11.1 Å². The van der Waals surface area contributed by atoms with Gasteiger partial charge in [0.05, 0.1) is 16.3 Å². The third kappa shape index (κ3) is 3.59. The van der Waals surface area contributed by atoms with E-state index in [1.807, 2.05) is 0 Å². The summed E-state index contributed by atoms with van der Waals surface area (Å²) in [4.78, 5) is 7.94. The van der Waals surface area contributed by atoms with Gasteiger partial charge in [0.1, 0.15) is 10.7 Å². The number of halogens is 4. The van der Waals surface area contributed by atoms with Crippen molar-refractivity contribution in [3.05, 3.63) is 46.9 Å². The fraction of sp³-hybridized carbons (Fsp3) is 0.0833. The Bertz CT molecular complexity index is 690. The van der Waals surface area contributed by atoms with E-state index >= 15 is 0 Å². The summed E-state index contributed by atoms with van der Waals surface area (Å²) in [5.41, 5.74) is 5.12. The van der Waals surface area contributed by atoms with Crippen molar-refractivity contribution >= 4 is 40.3 Å². The van der Waals surface area contributed by atoms with Gasteiger partial charge in [-0.1, -0.05) is 23.8 Å². The maximum absolute atomic E-state index is 12.6. The predicted molar refractivity (Wildman–Crippen MR) is 77.7 cm³/mol. The van der Waals surface area contributed by atoms with Crippen LogP contribution in [0.4, 0.5) is 24.7 Å². The molecule has 110 valence electrons. The summed E-state index contributed by atoms with van der Waals surface area (Å²) < 4.78 is 37.7. The molecular formula is C12H8ClF3N4S. The zero-order valence-corrected chi connectivity index (χ0v) is 11.9. The highest BCUT2D eigenvalue weighted by molar-refractivity contribution is 7.80. The first-order valence-corrected chi connectivity index (χ1v) is 6.32. The molecule has 0 aliphatic heterocycles. The standard InChI is InChI=1S/C12H8ClF3N4S/c13-7-5-6(12(14,15)16)1-2-8(7)20-11-9(10(17)21)18-3-4-19-11/h1-5H,(H2,17,21)(H,19,20). The minimum Gasteiger partial charge on any atom is -0.388 e. The van der Waals surface area contributed by atoms with Gasteiger partial charge in [-0.3, -0.25) is 0 Å². The largest absolute Gasteiger partial charge is 0.416 e. The van der Waals surface area contributed by atoms with Gasteiger partial charge in [0.2, 0.25) is 0 Å². The molecule has 0 amide bonds. The Morgan fingerprint density at radius 3 is 2.48 bits per heavy atom. The minimum atomic E-state index is -4.46. The van der Waals surface area contributed by atoms with Crippen LogP contribution < -0.4 is 11.1 Å². The van der Waals surface area contributed by atoms with Gasteiger partial charge in [-0.05, 0) is 18.2 Å². The average Bonchev–Trinajstić information content (AvgIpc) is 2.40. The van der Waals surface area contributed by atoms with Crippen LogP contribution in [0.2, 0.25) is 5.02 Å². The molecule has 4 nitrogen and oxygen atoms in total. The van der Waals surface area contributed by atoms with E-state index in [1.54, 1.807) is 0 Å². The number of nitrogens with zero attached hydrogens (tertiary/aromatic N) is 2. The van der Waals surface area contributed by atoms with Crippen LogP contribution in [0.3, 0.4) is 0 Å². The summed E-state index contributed by atoms with van der Waals surface area (Å²) in [5.74, 6) is 0.214. The van der Waals surface area contributed by atoms with Crippen molar-refractivity contribution in [3.8, 4) is 0 Å². The molecule has 0 atom stereocenters. The van der Waals surface area contributed by atoms with Crippen LogP contribution >= 0.6 is 23.8 Å². The Labute approximate surface area is 128 Å². The highest BCUT2D eigenvalue weighted by atomic mass is 35.5. The highest BCUT2D eigenvalue weighted by Crippen LogP contribution is 2.34. The van der Waals surface area contributed by atoms with Crippen LogP contribution in [0.25, 0.3) is 0 Å². The number of anilines is 2. The van der Waals surface area contributed by atoms with Gasteiger partial charge in [0.15, 0.2) is 5.82 Å². The summed E-state index contributed by atoms with van der Waals surface area (Å²) in [6.45, 7) is 0. The van der Waals surface area contributed by atoms with Gasteiger partial charge in [-0.2, -0.15) is 13.2 Å². The predicted octanol–water partition coefficient (Wildman–Crippen LogP) is 3.53. The van der Waals surface area contributed by atoms with E-state index < -0.39 is 11.7 Å². The third-order valence-corrected chi connectivity index (χ3v) is 2.99. The molecule has 0 aliphatic carbocycles. The normalized spacial score (nSPS) is 11.2. The smallest absolute Gasteiger partial charge is 0.388 e. The number of hydrogen-bond donors (Lipinski definition) is 2. The summed E-state index contributed by atoms with van der Waals surface area (Å²) >= 11 is 10.7. The van der Waals surface area contributed by atoms with Crippen molar-refractivity contribution < 1.29 is 13.2 Å². The number of rotatable bonds is 3. The van der Waals surface area contributed by atoms with Gasteiger partial charge in [-0.15, -0.1) is 0 Å². The molecule has 1 heterocycles. The summed E-state index contributed by atoms with van der Waals surface area (Å²) in [6.07, 6.45) is -1.67. The van der Waals surface area contributed by atoms with E-state index in [0.717, 1.165) is 12.1 Å². The second-order valence-corrected chi connectivity index (χ2v) is 4.78. The van der Waals surface area contributed by atoms with Crippen molar-refractivity contribution in [3.63, 3.8) is 0 Å². The second-order valence-electron chi connectivity index (χ2n) is 3.94. The van der Waals surface area contributed by atoms with E-state index in [2.05, 4.69) is 15.3 Å². The summed E-state index contributed by atoms with van der Waals surface area (Å²) in [5, 5.41) is 2.65. The first kappa shape index (κ1) is 15.5. The zero-order chi connectivity index (χ0) is 15.6. The summed E-state index contributed by atoms with van der Waals surface area (Å²) in [6, 6.07) is 2.93. The Kier molecular flexibility index (Phi) is 4.29. The van der Waals surface area contributed by atoms with Gasteiger partial charge in [0, 0.05) is 12.4 Å². The zero-order valence-electron chi connectivity index (χ0n) is 10.3. The van der Waals surface area contributed by atoms with E-state index in [9.17, 15) is 13.2 Å². The molecule has 0 bridgehead atoms. The molecule has 9 heteroatoms. The molecular weight excluding hydrogens is 325 g/mol. The number of aromatic nitrogens is 2. The fourth-order valence-corrected chi connectivity index (χ4v) is 1.91. The van der Waals surface area contributed by atoms with Crippen LogP contribution in [-0.2, 0) is 6.18 Å². The molecule has 2 aromatic rings. The lowest BCUT2D eigenvalue weighted by Gasteiger charge is -2.12. The van der Waals surface area contributed by atoms with E-state index in [-0.39, 0.29) is 27.2 Å². The van der Waals surface area contributed by atoms with Crippen molar-refractivity contribution in [1.82, 2.24) is 9.97 Å². The number of nitrogens with two attached hydrogens (primary N) is 1. The lowest BCUT2D eigenvalue weighted by atomic mass is 10.2. The lowest BCUT2D eigenvalue weighted by Crippen LogP contribution is -2.15. The first-order valence-electron chi connectivity index (χ1n) is 5.53. The minimum absolute atomic E-state index is 0.00799. The molecule has 0 saturated heterocycles. The van der Waals surface area contributed by atoms with Gasteiger partial charge >= 0.3 is 6.18 Å². The van der Waals surface area contributed by atoms with Crippen molar-refractivity contribution in [2.75, 3.05) is 5.32 Å². The van der Waals surface area contributed by atoms with Crippen LogP contribution in [-0.4, -0.2) is 15.0 Å². The van der Waals surface area contributed by atoms with Crippen molar-refractivity contribution in [1.29, 1.82) is 0 Å². The third-order valence-electron chi connectivity index (χ3n) is 2.48. The average molecular weight is 333 g/mol. The summed E-state index contributed by atoms with van der Waals surface area (Å²) in [7, 11) is 0. The van der Waals surface area contributed by atoms with E-state index in [4.69, 9.17) is 29.6 Å². The number of nitrogens with one attached hydrogen (secondary N) is 1. The Hall–Kier alpha value is -1.93. The highest BCUT2D eigenvalue weighted by Gasteiger charge is 2.30. The van der Waals surface area contributed by atoms with Crippen molar-refractivity contribution in [2.45, 2.75) is 6.18 Å². The molecule has 1 aromatic heterocycles. The quantitative estimate of drug-likeness (QED) is 0.842. The molecule has 1 aromatic carbocycles. The Morgan fingerprint density at radius 2 is 1.90 bits per heavy atom. The van der Waals surface area contributed by atoms with Crippen LogP contribution in [0.1, 0.15) is 11.3 Å². The monoisotopic (exact) mass is 332 g/mol. The van der Waals surface area contributed by atoms with Crippen molar-refractivity contribution in [2.24, 2.45) is 5.73 Å². The Balaban J connectivity index is 2.35. The number of thiocarbonyl (C=S) groups is 1. The molecule has 0 spiro atoms. The maximum atomic E-state index is 12.6. The molecule has 2 rings (SSSR count). The SMILES string of the molecule is NC(=S)c1nccnc1Nc1ccc(C(F)(F)F)cc1Cl. The lowest BCUT2D eigenvalue weighted by molar-refractivity contribution is -0.137. The fourth-order valence-electron chi connectivity index (χ4n) is 1.53. The van der Waals surface area contributed by atoms with E-state index in [1.165, 1.54) is 18.5 Å². The molecule has 0 radical (unpaired) electrons. The van der Waals surface area contributed by atoms with Gasteiger partial charge in [0.25, 0.3) is 0 Å². The van der Waals surface area contributed by atoms with Crippen LogP contribution in [0, 0.1) is 0 Å². The Morgan fingerprint density at radius 1 is 1.24 bits per heavy atom. The van der Waals surface area contributed by atoms with Gasteiger partial charge in [-0.25, -0.2) is 9.97 Å². The van der Waals surface area contributed by atoms with Crippen LogP contribution in [0.5, 0.6) is 0 Å². The molecule has 21 heavy (non-hydrogen) atoms. The van der Waals surface area contributed by atoms with Crippen LogP contribution in [0.15, 0.2) is 30.6 Å². The van der Waals surface area contributed by atoms with E-state index in [0.29, 0.717) is 0 Å². The molecule has 0 saturated carbocycles.